The molecular formula is C23H29N3O3. The van der Waals surface area contributed by atoms with Crippen molar-refractivity contribution in [2.45, 2.75) is 38.7 Å². The molecule has 0 aliphatic carbocycles. The smallest absolute Gasteiger partial charge is 0.410 e. The van der Waals surface area contributed by atoms with E-state index in [9.17, 15) is 9.59 Å². The summed E-state index contributed by atoms with van der Waals surface area (Å²) in [6.07, 6.45) is 3.82. The number of pyridine rings is 1. The standard InChI is InChI=1S/C23H29N3O3/c1-23(2,3)29-22(28)26-14-12-25(13-15-26)21(27)20(19-9-5-4-6-10-19)16-18-8-7-11-24-17-18/h4-11,17,20H,12-16H2,1-3H3. The molecule has 1 aliphatic heterocycles. The van der Waals surface area contributed by atoms with Crippen LogP contribution in [-0.4, -0.2) is 58.6 Å². The van der Waals surface area contributed by atoms with Gasteiger partial charge in [-0.1, -0.05) is 36.4 Å². The summed E-state index contributed by atoms with van der Waals surface area (Å²) in [5, 5.41) is 0. The number of piperazine rings is 1. The van der Waals surface area contributed by atoms with E-state index >= 15 is 0 Å². The monoisotopic (exact) mass is 395 g/mol. The van der Waals surface area contributed by atoms with E-state index in [1.165, 1.54) is 0 Å². The van der Waals surface area contributed by atoms with Crippen LogP contribution >= 0.6 is 0 Å². The number of carbonyl (C=O) groups is 2. The molecule has 0 bridgehead atoms. The van der Waals surface area contributed by atoms with E-state index in [0.29, 0.717) is 32.6 Å². The van der Waals surface area contributed by atoms with Gasteiger partial charge < -0.3 is 14.5 Å². The van der Waals surface area contributed by atoms with Crippen LogP contribution in [0.5, 0.6) is 0 Å². The number of benzene rings is 1. The molecule has 154 valence electrons. The lowest BCUT2D eigenvalue weighted by Crippen LogP contribution is -2.52. The molecule has 2 heterocycles. The Kier molecular flexibility index (Phi) is 6.52. The van der Waals surface area contributed by atoms with Gasteiger partial charge in [0.05, 0.1) is 5.92 Å². The molecule has 1 unspecified atom stereocenters. The molecule has 1 atom stereocenters. The van der Waals surface area contributed by atoms with Crippen LogP contribution in [0.1, 0.15) is 37.8 Å². The molecule has 0 radical (unpaired) electrons. The highest BCUT2D eigenvalue weighted by atomic mass is 16.6. The van der Waals surface area contributed by atoms with Crippen molar-refractivity contribution in [2.24, 2.45) is 0 Å². The molecule has 6 nitrogen and oxygen atoms in total. The average molecular weight is 396 g/mol. The van der Waals surface area contributed by atoms with Gasteiger partial charge in [-0.15, -0.1) is 0 Å². The molecule has 0 saturated carbocycles. The molecule has 3 rings (SSSR count). The summed E-state index contributed by atoms with van der Waals surface area (Å²) in [5.74, 6) is -0.183. The number of nitrogens with zero attached hydrogens (tertiary/aromatic N) is 3. The first kappa shape index (κ1) is 20.8. The predicted octanol–water partition coefficient (Wildman–Crippen LogP) is 3.49. The molecule has 2 amide bonds. The highest BCUT2D eigenvalue weighted by Gasteiger charge is 2.31. The molecular weight excluding hydrogens is 366 g/mol. The van der Waals surface area contributed by atoms with Gasteiger partial charge in [-0.3, -0.25) is 9.78 Å². The molecule has 1 aromatic heterocycles. The Morgan fingerprint density at radius 3 is 2.24 bits per heavy atom. The molecule has 29 heavy (non-hydrogen) atoms. The van der Waals surface area contributed by atoms with Crippen molar-refractivity contribution in [2.75, 3.05) is 26.2 Å². The third-order valence-corrected chi connectivity index (χ3v) is 4.91. The second-order valence-corrected chi connectivity index (χ2v) is 8.32. The largest absolute Gasteiger partial charge is 0.444 e. The van der Waals surface area contributed by atoms with Gasteiger partial charge in [-0.25, -0.2) is 4.79 Å². The number of aromatic nitrogens is 1. The van der Waals surface area contributed by atoms with Crippen molar-refractivity contribution in [3.8, 4) is 0 Å². The summed E-state index contributed by atoms with van der Waals surface area (Å²) in [4.78, 5) is 33.4. The van der Waals surface area contributed by atoms with E-state index in [1.54, 1.807) is 11.1 Å². The summed E-state index contributed by atoms with van der Waals surface area (Å²) >= 11 is 0. The van der Waals surface area contributed by atoms with Gasteiger partial charge in [0.2, 0.25) is 5.91 Å². The Labute approximate surface area is 172 Å². The average Bonchev–Trinajstić information content (AvgIpc) is 2.72. The summed E-state index contributed by atoms with van der Waals surface area (Å²) in [6, 6.07) is 13.7. The normalized spacial score (nSPS) is 15.7. The SMILES string of the molecule is CC(C)(C)OC(=O)N1CCN(C(=O)C(Cc2cccnc2)c2ccccc2)CC1. The third kappa shape index (κ3) is 5.79. The molecule has 6 heteroatoms. The van der Waals surface area contributed by atoms with Crippen LogP contribution < -0.4 is 0 Å². The van der Waals surface area contributed by atoms with Gasteiger partial charge in [0.25, 0.3) is 0 Å². The maximum atomic E-state index is 13.4. The Morgan fingerprint density at radius 1 is 1.00 bits per heavy atom. The molecule has 1 saturated heterocycles. The first-order chi connectivity index (χ1) is 13.8. The second-order valence-electron chi connectivity index (χ2n) is 8.32. The maximum absolute atomic E-state index is 13.4. The molecule has 1 aromatic carbocycles. The van der Waals surface area contributed by atoms with Crippen LogP contribution in [0.2, 0.25) is 0 Å². The van der Waals surface area contributed by atoms with Crippen molar-refractivity contribution in [1.82, 2.24) is 14.8 Å². The highest BCUT2D eigenvalue weighted by Crippen LogP contribution is 2.24. The van der Waals surface area contributed by atoms with Gasteiger partial charge >= 0.3 is 6.09 Å². The number of carbonyl (C=O) groups excluding carboxylic acids is 2. The van der Waals surface area contributed by atoms with Gasteiger partial charge in [-0.05, 0) is 44.4 Å². The summed E-state index contributed by atoms with van der Waals surface area (Å²) < 4.78 is 5.45. The fraction of sp³-hybridized carbons (Fsp3) is 0.435. The van der Waals surface area contributed by atoms with Gasteiger partial charge in [-0.2, -0.15) is 0 Å². The van der Waals surface area contributed by atoms with Crippen LogP contribution in [0.3, 0.4) is 0 Å². The van der Waals surface area contributed by atoms with Crippen molar-refractivity contribution in [3.05, 3.63) is 66.0 Å². The molecule has 2 aromatic rings. The molecule has 1 fully saturated rings. The zero-order valence-corrected chi connectivity index (χ0v) is 17.4. The Bertz CT molecular complexity index is 810. The lowest BCUT2D eigenvalue weighted by molar-refractivity contribution is -0.134. The number of hydrogen-bond donors (Lipinski definition) is 0. The second kappa shape index (κ2) is 9.07. The van der Waals surface area contributed by atoms with Gasteiger partial charge in [0, 0.05) is 38.6 Å². The fourth-order valence-electron chi connectivity index (χ4n) is 3.44. The van der Waals surface area contributed by atoms with E-state index in [0.717, 1.165) is 11.1 Å². The van der Waals surface area contributed by atoms with E-state index in [-0.39, 0.29) is 17.9 Å². The Balaban J connectivity index is 1.68. The number of hydrogen-bond acceptors (Lipinski definition) is 4. The van der Waals surface area contributed by atoms with Crippen molar-refractivity contribution in [1.29, 1.82) is 0 Å². The zero-order chi connectivity index (χ0) is 20.9. The van der Waals surface area contributed by atoms with E-state index in [2.05, 4.69) is 4.98 Å². The minimum Gasteiger partial charge on any atom is -0.444 e. The molecule has 0 N–H and O–H groups in total. The maximum Gasteiger partial charge on any atom is 0.410 e. The fourth-order valence-corrected chi connectivity index (χ4v) is 3.44. The summed E-state index contributed by atoms with van der Waals surface area (Å²) in [6.45, 7) is 7.54. The van der Waals surface area contributed by atoms with E-state index < -0.39 is 5.60 Å². The molecule has 0 spiro atoms. The van der Waals surface area contributed by atoms with E-state index in [1.807, 2.05) is 74.3 Å². The quantitative estimate of drug-likeness (QED) is 0.795. The van der Waals surface area contributed by atoms with Crippen LogP contribution in [0.4, 0.5) is 4.79 Å². The first-order valence-electron chi connectivity index (χ1n) is 10.0. The lowest BCUT2D eigenvalue weighted by atomic mass is 9.91. The lowest BCUT2D eigenvalue weighted by Gasteiger charge is -2.37. The summed E-state index contributed by atoms with van der Waals surface area (Å²) in [7, 11) is 0. The van der Waals surface area contributed by atoms with Crippen LogP contribution in [0.25, 0.3) is 0 Å². The van der Waals surface area contributed by atoms with Crippen molar-refractivity contribution < 1.29 is 14.3 Å². The predicted molar refractivity (Wildman–Crippen MR) is 112 cm³/mol. The number of ether oxygens (including phenoxy) is 1. The highest BCUT2D eigenvalue weighted by molar-refractivity contribution is 5.84. The minimum absolute atomic E-state index is 0.0869. The van der Waals surface area contributed by atoms with Crippen LogP contribution in [0, 0.1) is 0 Å². The third-order valence-electron chi connectivity index (χ3n) is 4.91. The topological polar surface area (TPSA) is 62.7 Å². The summed E-state index contributed by atoms with van der Waals surface area (Å²) in [5.41, 5.74) is 1.50. The van der Waals surface area contributed by atoms with Gasteiger partial charge in [0.15, 0.2) is 0 Å². The number of rotatable bonds is 4. The van der Waals surface area contributed by atoms with Crippen LogP contribution in [-0.2, 0) is 16.0 Å². The van der Waals surface area contributed by atoms with Gasteiger partial charge in [0.1, 0.15) is 5.60 Å². The minimum atomic E-state index is -0.522. The molecule has 1 aliphatic rings. The van der Waals surface area contributed by atoms with Crippen LogP contribution in [0.15, 0.2) is 54.9 Å². The zero-order valence-electron chi connectivity index (χ0n) is 17.4. The van der Waals surface area contributed by atoms with Crippen molar-refractivity contribution in [3.63, 3.8) is 0 Å². The first-order valence-corrected chi connectivity index (χ1v) is 10.0. The number of amides is 2. The van der Waals surface area contributed by atoms with Crippen molar-refractivity contribution >= 4 is 12.0 Å². The Hall–Kier alpha value is -2.89. The van der Waals surface area contributed by atoms with E-state index in [4.69, 9.17) is 4.74 Å². The Morgan fingerprint density at radius 2 is 1.66 bits per heavy atom.